The van der Waals surface area contributed by atoms with Gasteiger partial charge in [0.05, 0.1) is 23.5 Å². The van der Waals surface area contributed by atoms with E-state index in [0.29, 0.717) is 5.56 Å². The largest absolute Gasteiger partial charge is 0.481 e. The van der Waals surface area contributed by atoms with E-state index in [4.69, 9.17) is 10.4 Å². The molecule has 6 heteroatoms. The Kier molecular flexibility index (Phi) is 6.47. The third-order valence-corrected chi connectivity index (χ3v) is 3.20. The summed E-state index contributed by atoms with van der Waals surface area (Å²) in [7, 11) is 0. The Morgan fingerprint density at radius 3 is 2.63 bits per heavy atom. The summed E-state index contributed by atoms with van der Waals surface area (Å²) in [6.45, 7) is 0.0469. The van der Waals surface area contributed by atoms with Crippen LogP contribution in [-0.2, 0) is 9.59 Å². The number of nitriles is 1. The smallest absolute Gasteiger partial charge is 0.312 e. The summed E-state index contributed by atoms with van der Waals surface area (Å²) >= 11 is 1.20. The van der Waals surface area contributed by atoms with Gasteiger partial charge < -0.3 is 10.4 Å². The molecule has 0 fully saturated rings. The fraction of sp³-hybridized carbons (Fsp3) is 0.308. The summed E-state index contributed by atoms with van der Waals surface area (Å²) in [5, 5.41) is 20.1. The van der Waals surface area contributed by atoms with Crippen molar-refractivity contribution in [1.82, 2.24) is 5.32 Å². The fourth-order valence-corrected chi connectivity index (χ4v) is 1.97. The lowest BCUT2D eigenvalue weighted by molar-refractivity contribution is -0.138. The van der Waals surface area contributed by atoms with Gasteiger partial charge in [0.1, 0.15) is 0 Å². The highest BCUT2D eigenvalue weighted by Crippen LogP contribution is 2.14. The molecule has 1 aromatic rings. The van der Waals surface area contributed by atoms with Crippen molar-refractivity contribution in [2.75, 3.05) is 18.1 Å². The van der Waals surface area contributed by atoms with Crippen molar-refractivity contribution >= 4 is 23.6 Å². The van der Waals surface area contributed by atoms with E-state index in [1.165, 1.54) is 11.8 Å². The van der Waals surface area contributed by atoms with E-state index >= 15 is 0 Å². The second kappa shape index (κ2) is 8.16. The number of hydrogen-bond donors (Lipinski definition) is 2. The van der Waals surface area contributed by atoms with Crippen LogP contribution in [0.4, 0.5) is 0 Å². The van der Waals surface area contributed by atoms with Gasteiger partial charge in [-0.1, -0.05) is 30.3 Å². The Bertz CT molecular complexity index is 471. The SMILES string of the molecule is N#CCSCC(=O)NCC(C(=O)O)c1ccccc1. The van der Waals surface area contributed by atoms with Crippen molar-refractivity contribution in [3.8, 4) is 6.07 Å². The summed E-state index contributed by atoms with van der Waals surface area (Å²) in [4.78, 5) is 22.6. The molecule has 0 aliphatic rings. The minimum atomic E-state index is -0.976. The first-order chi connectivity index (χ1) is 9.15. The zero-order chi connectivity index (χ0) is 14.1. The molecule has 19 heavy (non-hydrogen) atoms. The second-order valence-electron chi connectivity index (χ2n) is 3.76. The molecule has 1 unspecified atom stereocenters. The standard InChI is InChI=1S/C13H14N2O3S/c14-6-7-19-9-12(16)15-8-11(13(17)18)10-4-2-1-3-5-10/h1-5,11H,7-9H2,(H,15,16)(H,17,18). The van der Waals surface area contributed by atoms with Crippen molar-refractivity contribution in [3.05, 3.63) is 35.9 Å². The highest BCUT2D eigenvalue weighted by molar-refractivity contribution is 8.00. The van der Waals surface area contributed by atoms with Gasteiger partial charge in [0.15, 0.2) is 0 Å². The van der Waals surface area contributed by atoms with Crippen molar-refractivity contribution in [1.29, 1.82) is 5.26 Å². The summed E-state index contributed by atoms with van der Waals surface area (Å²) < 4.78 is 0. The van der Waals surface area contributed by atoms with Crippen LogP contribution in [0.15, 0.2) is 30.3 Å². The van der Waals surface area contributed by atoms with Gasteiger partial charge in [-0.3, -0.25) is 9.59 Å². The number of nitrogens with zero attached hydrogens (tertiary/aromatic N) is 1. The molecule has 1 atom stereocenters. The Morgan fingerprint density at radius 1 is 1.37 bits per heavy atom. The molecule has 0 radical (unpaired) electrons. The Labute approximate surface area is 115 Å². The maximum Gasteiger partial charge on any atom is 0.312 e. The van der Waals surface area contributed by atoms with Crippen LogP contribution < -0.4 is 5.32 Å². The van der Waals surface area contributed by atoms with Gasteiger partial charge in [-0.15, -0.1) is 11.8 Å². The normalized spacial score (nSPS) is 11.3. The third-order valence-electron chi connectivity index (χ3n) is 2.40. The van der Waals surface area contributed by atoms with E-state index < -0.39 is 11.9 Å². The first-order valence-corrected chi connectivity index (χ1v) is 6.79. The van der Waals surface area contributed by atoms with Gasteiger partial charge in [-0.25, -0.2) is 0 Å². The molecule has 0 heterocycles. The molecule has 0 aromatic heterocycles. The summed E-state index contributed by atoms with van der Waals surface area (Å²) in [6.07, 6.45) is 0. The van der Waals surface area contributed by atoms with Gasteiger partial charge >= 0.3 is 5.97 Å². The molecule has 0 saturated carbocycles. The number of amides is 1. The number of carbonyl (C=O) groups is 2. The zero-order valence-corrected chi connectivity index (χ0v) is 11.0. The molecule has 100 valence electrons. The minimum Gasteiger partial charge on any atom is -0.481 e. The van der Waals surface area contributed by atoms with Gasteiger partial charge in [-0.05, 0) is 5.56 Å². The maximum atomic E-state index is 11.4. The van der Waals surface area contributed by atoms with E-state index in [-0.39, 0.29) is 24.0 Å². The quantitative estimate of drug-likeness (QED) is 0.732. The number of rotatable bonds is 7. The molecule has 0 aliphatic heterocycles. The van der Waals surface area contributed by atoms with Gasteiger partial charge in [0.2, 0.25) is 5.91 Å². The number of hydrogen-bond acceptors (Lipinski definition) is 4. The molecule has 0 aliphatic carbocycles. The number of carboxylic acids is 1. The lowest BCUT2D eigenvalue weighted by atomic mass is 9.99. The van der Waals surface area contributed by atoms with Crippen molar-refractivity contribution in [2.45, 2.75) is 5.92 Å². The molecule has 5 nitrogen and oxygen atoms in total. The van der Waals surface area contributed by atoms with E-state index in [9.17, 15) is 9.59 Å². The van der Waals surface area contributed by atoms with Gasteiger partial charge in [0.25, 0.3) is 0 Å². The Morgan fingerprint density at radius 2 is 2.05 bits per heavy atom. The average Bonchev–Trinajstić information content (AvgIpc) is 2.40. The zero-order valence-electron chi connectivity index (χ0n) is 10.2. The van der Waals surface area contributed by atoms with Crippen LogP contribution in [0.2, 0.25) is 0 Å². The van der Waals surface area contributed by atoms with Crippen LogP contribution in [0.5, 0.6) is 0 Å². The van der Waals surface area contributed by atoms with Crippen LogP contribution in [0.3, 0.4) is 0 Å². The Balaban J connectivity index is 2.50. The van der Waals surface area contributed by atoms with Crippen LogP contribution in [0.25, 0.3) is 0 Å². The summed E-state index contributed by atoms with van der Waals surface area (Å²) in [5.74, 6) is -1.59. The van der Waals surface area contributed by atoms with Crippen LogP contribution in [-0.4, -0.2) is 35.0 Å². The molecule has 1 aromatic carbocycles. The number of thioether (sulfide) groups is 1. The fourth-order valence-electron chi connectivity index (χ4n) is 1.49. The highest BCUT2D eigenvalue weighted by atomic mass is 32.2. The minimum absolute atomic E-state index is 0.0469. The predicted molar refractivity (Wildman–Crippen MR) is 72.8 cm³/mol. The number of carbonyl (C=O) groups excluding carboxylic acids is 1. The van der Waals surface area contributed by atoms with Gasteiger partial charge in [0, 0.05) is 6.54 Å². The molecule has 0 spiro atoms. The van der Waals surface area contributed by atoms with E-state index in [1.807, 2.05) is 6.07 Å². The molecule has 0 saturated heterocycles. The van der Waals surface area contributed by atoms with Crippen LogP contribution in [0, 0.1) is 11.3 Å². The number of aliphatic carboxylic acids is 1. The van der Waals surface area contributed by atoms with Crippen LogP contribution in [0.1, 0.15) is 11.5 Å². The molecule has 1 amide bonds. The van der Waals surface area contributed by atoms with Crippen LogP contribution >= 0.6 is 11.8 Å². The first-order valence-electron chi connectivity index (χ1n) is 5.64. The van der Waals surface area contributed by atoms with E-state index in [2.05, 4.69) is 5.32 Å². The van der Waals surface area contributed by atoms with E-state index in [1.54, 1.807) is 30.3 Å². The number of carboxylic acid groups (broad SMARTS) is 1. The van der Waals surface area contributed by atoms with Crippen molar-refractivity contribution < 1.29 is 14.7 Å². The second-order valence-corrected chi connectivity index (χ2v) is 4.74. The third kappa shape index (κ3) is 5.44. The maximum absolute atomic E-state index is 11.4. The lowest BCUT2D eigenvalue weighted by Crippen LogP contribution is -2.32. The molecule has 1 rings (SSSR count). The topological polar surface area (TPSA) is 90.2 Å². The first kappa shape index (κ1) is 15.1. The summed E-state index contributed by atoms with van der Waals surface area (Å²) in [5.41, 5.74) is 0.653. The predicted octanol–water partition coefficient (Wildman–Crippen LogP) is 1.23. The molecule has 2 N–H and O–H groups in total. The Hall–Kier alpha value is -2.00. The van der Waals surface area contributed by atoms with Crippen molar-refractivity contribution in [2.24, 2.45) is 0 Å². The average molecular weight is 278 g/mol. The van der Waals surface area contributed by atoms with E-state index in [0.717, 1.165) is 0 Å². The molecular weight excluding hydrogens is 264 g/mol. The van der Waals surface area contributed by atoms with Gasteiger partial charge in [-0.2, -0.15) is 5.26 Å². The number of benzene rings is 1. The lowest BCUT2D eigenvalue weighted by Gasteiger charge is -2.13. The molecular formula is C13H14N2O3S. The number of nitrogens with one attached hydrogen (secondary N) is 1. The van der Waals surface area contributed by atoms with Crippen molar-refractivity contribution in [3.63, 3.8) is 0 Å². The summed E-state index contributed by atoms with van der Waals surface area (Å²) in [6, 6.07) is 10.7. The molecule has 0 bridgehead atoms. The monoisotopic (exact) mass is 278 g/mol. The highest BCUT2D eigenvalue weighted by Gasteiger charge is 2.20.